The molecule has 0 aliphatic rings. The van der Waals surface area contributed by atoms with Crippen LogP contribution in [0, 0.1) is 0 Å². The molecule has 0 aromatic carbocycles. The van der Waals surface area contributed by atoms with Gasteiger partial charge >= 0.3 is 0 Å². The lowest BCUT2D eigenvalue weighted by molar-refractivity contribution is -0.118. The Kier molecular flexibility index (Phi) is 9.54. The van der Waals surface area contributed by atoms with Gasteiger partial charge in [-0.3, -0.25) is 4.79 Å². The molecule has 114 valence electrons. The van der Waals surface area contributed by atoms with Gasteiger partial charge in [-0.2, -0.15) is 0 Å². The Hall–Kier alpha value is -0.220. The maximum atomic E-state index is 12.0. The molecule has 0 amide bonds. The highest BCUT2D eigenvalue weighted by molar-refractivity contribution is 7.84. The number of carbonyl (C=O) groups excluding carboxylic acids is 1. The van der Waals surface area contributed by atoms with Crippen molar-refractivity contribution in [2.45, 2.75) is 90.4 Å². The zero-order valence-electron chi connectivity index (χ0n) is 13.3. The van der Waals surface area contributed by atoms with Gasteiger partial charge in [0.05, 0.1) is 21.8 Å². The second-order valence-electron chi connectivity index (χ2n) is 6.22. The summed E-state index contributed by atoms with van der Waals surface area (Å²) < 4.78 is 14.7. The summed E-state index contributed by atoms with van der Waals surface area (Å²) in [4.78, 5) is 11.6. The molecule has 0 saturated heterocycles. The fraction of sp³-hybridized carbons (Fsp3) is 0.933. The van der Waals surface area contributed by atoms with Crippen molar-refractivity contribution in [2.24, 2.45) is 0 Å². The number of hydrogen-bond acceptors (Lipinski definition) is 2. The molecule has 1 N–H and O–H groups in total. The van der Waals surface area contributed by atoms with Gasteiger partial charge in [0.2, 0.25) is 0 Å². The second kappa shape index (κ2) is 9.65. The van der Waals surface area contributed by atoms with Crippen LogP contribution in [0.4, 0.5) is 0 Å². The van der Waals surface area contributed by atoms with Crippen molar-refractivity contribution >= 4 is 16.8 Å². The molecule has 0 spiro atoms. The van der Waals surface area contributed by atoms with E-state index in [1.165, 1.54) is 25.7 Å². The van der Waals surface area contributed by atoms with E-state index in [0.29, 0.717) is 0 Å². The van der Waals surface area contributed by atoms with E-state index in [-0.39, 0.29) is 16.6 Å². The van der Waals surface area contributed by atoms with Crippen LogP contribution in [0.15, 0.2) is 0 Å². The molecule has 1 unspecified atom stereocenters. The first-order valence-corrected chi connectivity index (χ1v) is 8.62. The lowest BCUT2D eigenvalue weighted by Crippen LogP contribution is -2.43. The second-order valence-corrected chi connectivity index (χ2v) is 8.22. The third kappa shape index (κ3) is 9.33. The molecule has 0 aromatic rings. The van der Waals surface area contributed by atoms with Crippen molar-refractivity contribution in [1.29, 1.82) is 0 Å². The van der Waals surface area contributed by atoms with E-state index in [4.69, 9.17) is 0 Å². The molecular weight excluding hydrogens is 258 g/mol. The van der Waals surface area contributed by atoms with Crippen LogP contribution in [0.2, 0.25) is 0 Å². The maximum Gasteiger partial charge on any atom is 0.147 e. The van der Waals surface area contributed by atoms with Gasteiger partial charge in [-0.1, -0.05) is 45.4 Å². The van der Waals surface area contributed by atoms with E-state index >= 15 is 0 Å². The average Bonchev–Trinajstić information content (AvgIpc) is 2.30. The Labute approximate surface area is 121 Å². The van der Waals surface area contributed by atoms with Crippen molar-refractivity contribution in [3.63, 3.8) is 0 Å². The van der Waals surface area contributed by atoms with Gasteiger partial charge in [0.15, 0.2) is 0 Å². The van der Waals surface area contributed by atoms with Gasteiger partial charge in [-0.05, 0) is 34.1 Å². The molecule has 3 nitrogen and oxygen atoms in total. The van der Waals surface area contributed by atoms with Crippen LogP contribution in [-0.2, 0) is 15.8 Å². The molecule has 0 heterocycles. The molecular formula is C15H31NO2S. The Morgan fingerprint density at radius 1 is 1.11 bits per heavy atom. The third-order valence-corrected chi connectivity index (χ3v) is 4.75. The molecule has 4 heteroatoms. The van der Waals surface area contributed by atoms with Crippen molar-refractivity contribution in [3.05, 3.63) is 0 Å². The first-order valence-electron chi connectivity index (χ1n) is 7.47. The molecule has 19 heavy (non-hydrogen) atoms. The van der Waals surface area contributed by atoms with Crippen LogP contribution in [0.25, 0.3) is 0 Å². The van der Waals surface area contributed by atoms with E-state index < -0.39 is 11.0 Å². The zero-order valence-corrected chi connectivity index (χ0v) is 14.1. The number of rotatable bonds is 10. The van der Waals surface area contributed by atoms with Crippen molar-refractivity contribution < 1.29 is 9.00 Å². The third-order valence-electron chi connectivity index (χ3n) is 3.14. The minimum Gasteiger partial charge on any atom is -0.298 e. The lowest BCUT2D eigenvalue weighted by atomic mass is 10.0. The summed E-state index contributed by atoms with van der Waals surface area (Å²) in [5, 5.41) is 0. The van der Waals surface area contributed by atoms with E-state index in [1.54, 1.807) is 6.92 Å². The van der Waals surface area contributed by atoms with Gasteiger partial charge < -0.3 is 0 Å². The van der Waals surface area contributed by atoms with Crippen LogP contribution in [0.1, 0.15) is 79.6 Å². The molecule has 2 atom stereocenters. The fourth-order valence-corrected chi connectivity index (χ4v) is 2.68. The quantitative estimate of drug-likeness (QED) is 0.623. The number of Topliss-reactive ketones (excluding diaryl/α,β-unsaturated/α-hetero) is 1. The Morgan fingerprint density at radius 3 is 2.11 bits per heavy atom. The number of nitrogens with one attached hydrogen (secondary N) is 1. The van der Waals surface area contributed by atoms with E-state index in [9.17, 15) is 9.00 Å². The predicted molar refractivity (Wildman–Crippen MR) is 83.5 cm³/mol. The highest BCUT2D eigenvalue weighted by Crippen LogP contribution is 2.13. The smallest absolute Gasteiger partial charge is 0.147 e. The molecule has 0 aliphatic heterocycles. The van der Waals surface area contributed by atoms with Crippen LogP contribution in [0.5, 0.6) is 0 Å². The predicted octanol–water partition coefficient (Wildman–Crippen LogP) is 3.75. The number of carbonyl (C=O) groups is 1. The van der Waals surface area contributed by atoms with Gasteiger partial charge in [0.1, 0.15) is 5.78 Å². The van der Waals surface area contributed by atoms with E-state index in [2.05, 4.69) is 11.6 Å². The van der Waals surface area contributed by atoms with Crippen LogP contribution < -0.4 is 4.72 Å². The molecule has 0 aliphatic carbocycles. The Balaban J connectivity index is 4.01. The summed E-state index contributed by atoms with van der Waals surface area (Å²) >= 11 is 0. The summed E-state index contributed by atoms with van der Waals surface area (Å²) in [5.41, 5.74) is 0. The average molecular weight is 289 g/mol. The molecule has 0 aromatic heterocycles. The molecule has 0 bridgehead atoms. The van der Waals surface area contributed by atoms with Crippen molar-refractivity contribution in [2.75, 3.05) is 0 Å². The largest absolute Gasteiger partial charge is 0.298 e. The normalized spacial score (nSPS) is 15.2. The highest BCUT2D eigenvalue weighted by Gasteiger charge is 2.24. The first kappa shape index (κ1) is 18.8. The Bertz CT molecular complexity index is 284. The van der Waals surface area contributed by atoms with Crippen molar-refractivity contribution in [3.8, 4) is 0 Å². The summed E-state index contributed by atoms with van der Waals surface area (Å²) in [6, 6.07) is -0.258. The van der Waals surface area contributed by atoms with Crippen LogP contribution in [0.3, 0.4) is 0 Å². The standard InChI is InChI=1S/C15H31NO2S/c1-6-7-8-9-10-11-12-14(13(2)17)16-19(18)15(3,4)5/h14,16H,6-12H2,1-5H3/t14-,19?/m1/s1. The molecule has 0 fully saturated rings. The van der Waals surface area contributed by atoms with Gasteiger partial charge in [-0.25, -0.2) is 8.93 Å². The monoisotopic (exact) mass is 289 g/mol. The summed E-state index contributed by atoms with van der Waals surface area (Å²) in [6.07, 6.45) is 8.05. The minimum absolute atomic E-state index is 0.0890. The molecule has 0 radical (unpaired) electrons. The number of unbranched alkanes of at least 4 members (excludes halogenated alkanes) is 5. The maximum absolute atomic E-state index is 12.0. The number of hydrogen-bond donors (Lipinski definition) is 1. The number of ketones is 1. The van der Waals surface area contributed by atoms with Crippen LogP contribution >= 0.6 is 0 Å². The Morgan fingerprint density at radius 2 is 1.63 bits per heavy atom. The lowest BCUT2D eigenvalue weighted by Gasteiger charge is -2.22. The fourth-order valence-electron chi connectivity index (χ4n) is 1.78. The topological polar surface area (TPSA) is 46.2 Å². The van der Waals surface area contributed by atoms with Crippen molar-refractivity contribution in [1.82, 2.24) is 4.72 Å². The SMILES string of the molecule is CCCCCCCC[C@@H](NS(=O)C(C)(C)C)C(C)=O. The summed E-state index contributed by atoms with van der Waals surface area (Å²) in [5.74, 6) is 0.0890. The first-order chi connectivity index (χ1) is 8.79. The minimum atomic E-state index is -1.17. The molecule has 0 rings (SSSR count). The summed E-state index contributed by atoms with van der Waals surface area (Å²) in [7, 11) is -1.17. The van der Waals surface area contributed by atoms with Gasteiger partial charge in [0.25, 0.3) is 0 Å². The van der Waals surface area contributed by atoms with E-state index in [1.807, 2.05) is 20.8 Å². The van der Waals surface area contributed by atoms with Crippen LogP contribution in [-0.4, -0.2) is 20.8 Å². The summed E-state index contributed by atoms with van der Waals surface area (Å²) in [6.45, 7) is 9.53. The van der Waals surface area contributed by atoms with E-state index in [0.717, 1.165) is 19.3 Å². The highest BCUT2D eigenvalue weighted by atomic mass is 32.2. The zero-order chi connectivity index (χ0) is 14.9. The molecule has 0 saturated carbocycles. The van der Waals surface area contributed by atoms with Gasteiger partial charge in [0, 0.05) is 0 Å². The van der Waals surface area contributed by atoms with Gasteiger partial charge in [-0.15, -0.1) is 0 Å².